The van der Waals surface area contributed by atoms with E-state index in [1.807, 2.05) is 27.7 Å². The van der Waals surface area contributed by atoms with Gasteiger partial charge in [-0.05, 0) is 111 Å². The summed E-state index contributed by atoms with van der Waals surface area (Å²) in [5.74, 6) is 1.35. The number of nitrogens with two attached hydrogens (primary N) is 4. The lowest BCUT2D eigenvalue weighted by molar-refractivity contribution is -0.119. The zero-order valence-electron chi connectivity index (χ0n) is 69.6. The Hall–Kier alpha value is -5.98. The van der Waals surface area contributed by atoms with E-state index in [0.717, 1.165) is 11.8 Å². The van der Waals surface area contributed by atoms with E-state index in [4.69, 9.17) is 162 Å². The van der Waals surface area contributed by atoms with Crippen LogP contribution in [0.1, 0.15) is 136 Å². The summed E-state index contributed by atoms with van der Waals surface area (Å²) in [6.07, 6.45) is -3.41. The van der Waals surface area contributed by atoms with E-state index in [9.17, 15) is 28.2 Å². The predicted molar refractivity (Wildman–Crippen MR) is 443 cm³/mol. The van der Waals surface area contributed by atoms with E-state index in [-0.39, 0.29) is 116 Å². The Morgan fingerprint density at radius 1 is 0.463 bits per heavy atom. The number of aliphatic hydroxyl groups excluding tert-OH is 1. The van der Waals surface area contributed by atoms with Gasteiger partial charge in [-0.1, -0.05) is 11.8 Å². The van der Waals surface area contributed by atoms with E-state index >= 15 is 0 Å². The summed E-state index contributed by atoms with van der Waals surface area (Å²) in [7, 11) is -15.2. The van der Waals surface area contributed by atoms with Crippen LogP contribution in [0.3, 0.4) is 0 Å². The van der Waals surface area contributed by atoms with Crippen LogP contribution in [0.15, 0.2) is 25.3 Å². The van der Waals surface area contributed by atoms with Crippen LogP contribution in [0.4, 0.5) is 23.8 Å². The molecule has 0 aromatic carbocycles. The molecule has 20 atom stereocenters. The fraction of sp³-hybridized carbons (Fsp3) is 0.691. The van der Waals surface area contributed by atoms with Crippen LogP contribution >= 0.6 is 89.5 Å². The van der Waals surface area contributed by atoms with Crippen molar-refractivity contribution in [2.45, 2.75) is 222 Å². The van der Waals surface area contributed by atoms with Crippen molar-refractivity contribution in [1.82, 2.24) is 78.1 Å². The first-order chi connectivity index (χ1) is 57.8. The van der Waals surface area contributed by atoms with Crippen LogP contribution in [-0.4, -0.2) is 247 Å². The lowest BCUT2D eigenvalue weighted by Crippen LogP contribution is -2.44. The van der Waals surface area contributed by atoms with Crippen LogP contribution in [-0.2, 0) is 96.3 Å². The minimum absolute atomic E-state index is 0.00407. The average Bonchev–Trinajstić information content (AvgIpc) is 1.59. The van der Waals surface area contributed by atoms with Gasteiger partial charge in [0.1, 0.15) is 68.3 Å². The van der Waals surface area contributed by atoms with E-state index in [1.165, 1.54) is 25.3 Å². The zero-order chi connectivity index (χ0) is 89.2. The number of anilines is 4. The van der Waals surface area contributed by atoms with Crippen LogP contribution < -0.4 is 41.9 Å². The number of rotatable bonds is 24. The van der Waals surface area contributed by atoms with Crippen LogP contribution in [0, 0.1) is 5.41 Å². The van der Waals surface area contributed by atoms with E-state index < -0.39 is 130 Å². The molecule has 9 N–H and O–H groups in total. The van der Waals surface area contributed by atoms with Crippen molar-refractivity contribution in [1.29, 1.82) is 0 Å². The highest BCUT2D eigenvalue weighted by atomic mass is 35.5. The summed E-state index contributed by atoms with van der Waals surface area (Å²) >= 11 is 28.5. The molecule has 0 bridgehead atoms. The highest BCUT2D eigenvalue weighted by Crippen LogP contribution is 2.65. The summed E-state index contributed by atoms with van der Waals surface area (Å²) < 4.78 is 170. The Balaban J connectivity index is 0.000000142. The molecule has 8 aliphatic rings. The molecule has 0 spiro atoms. The minimum atomic E-state index is -3.98. The average molecular weight is 1910 g/mol. The van der Waals surface area contributed by atoms with Crippen molar-refractivity contribution < 1.29 is 120 Å². The molecule has 123 heavy (non-hydrogen) atoms. The Labute approximate surface area is 728 Å². The Bertz CT molecular complexity index is 5000. The molecule has 0 aliphatic carbocycles. The van der Waals surface area contributed by atoms with Gasteiger partial charge in [-0.15, -0.1) is 46.4 Å². The number of ether oxygens (including phenoxy) is 8. The molecule has 8 aliphatic heterocycles. The number of nitrogen functional groups attached to an aromatic ring is 4. The van der Waals surface area contributed by atoms with Gasteiger partial charge < -0.3 is 65.9 Å². The third kappa shape index (κ3) is 19.5. The molecule has 680 valence electrons. The van der Waals surface area contributed by atoms with Gasteiger partial charge >= 0.3 is 31.3 Å². The molecule has 46 nitrogen and oxygen atoms in total. The normalized spacial score (nSPS) is 33.4. The highest BCUT2D eigenvalue weighted by molar-refractivity contribution is 8.13. The molecule has 8 aromatic rings. The van der Waals surface area contributed by atoms with Crippen LogP contribution in [0.25, 0.3) is 44.7 Å². The van der Waals surface area contributed by atoms with Crippen molar-refractivity contribution in [2.75, 3.05) is 94.8 Å². The summed E-state index contributed by atoms with van der Waals surface area (Å²) in [6, 6.07) is 0. The number of aliphatic hydroxyl groups is 1. The third-order valence-corrected chi connectivity index (χ3v) is 28.7. The summed E-state index contributed by atoms with van der Waals surface area (Å²) in [4.78, 5) is 58.3. The molecule has 16 rings (SSSR count). The van der Waals surface area contributed by atoms with Crippen molar-refractivity contribution in [3.05, 3.63) is 25.3 Å². The maximum Gasteiger partial charge on any atom is 0.475 e. The van der Waals surface area contributed by atoms with Crippen LogP contribution in [0.2, 0.25) is 0 Å². The lowest BCUT2D eigenvalue weighted by Gasteiger charge is -2.35. The molecule has 16 heterocycles. The molecular formula is C68H98Cl4N20O26P4S. The summed E-state index contributed by atoms with van der Waals surface area (Å²) in [6.45, 7) is 29.1. The van der Waals surface area contributed by atoms with E-state index in [2.05, 4.69) is 59.8 Å². The number of thioether (sulfide) groups is 1. The van der Waals surface area contributed by atoms with E-state index in [1.54, 1.807) is 101 Å². The molecule has 0 amide bonds. The molecule has 8 aromatic heterocycles. The van der Waals surface area contributed by atoms with E-state index in [0.29, 0.717) is 71.1 Å². The van der Waals surface area contributed by atoms with Gasteiger partial charge in [0.2, 0.25) is 47.3 Å². The highest BCUT2D eigenvalue weighted by Gasteiger charge is 2.65. The topological polar surface area (TPSA) is 569 Å². The number of alkyl halides is 4. The summed E-state index contributed by atoms with van der Waals surface area (Å²) in [5, 5.41) is 9.10. The molecule has 8 fully saturated rings. The number of carbonyl (C=O) groups excluding carboxylic acids is 1. The van der Waals surface area contributed by atoms with Gasteiger partial charge in [-0.3, -0.25) is 77.3 Å². The number of carbonyl (C=O) groups is 1. The number of phosphoric acid groups is 4. The van der Waals surface area contributed by atoms with Crippen molar-refractivity contribution in [2.24, 2.45) is 5.41 Å². The van der Waals surface area contributed by atoms with Crippen molar-refractivity contribution in [3.63, 3.8) is 0 Å². The van der Waals surface area contributed by atoms with Gasteiger partial charge in [0.15, 0.2) is 74.7 Å². The SMILES string of the molecule is CCOc1nc(N)nc2c1ncn2[C@@H]1O[C@@H]2COP(=O)(OC(C)C)O[C@H]2[C@@]1(C)Cl.CCOc1nc(N)nc2c1ncn2[C@@H]1O[C@@H]2CO[P@@](=O)(OC(C)C)O[C@H]2[C@@]1(C)Cl.CCOc1nc(N)nc2c1ncn2[C@@H]1O[C@@H]2CO[P@@](=O)(OCCSC(=O)C(C)(C)CO)O[C@H]2[C@@]1(C)Cl.CCOc1nc(N)nc2c1ncn2[C@@H]1O[C@@H]2CO[P@](=O)(OC(C)C)O[C@H]2[C@@]1(C)Cl. The second-order valence-electron chi connectivity index (χ2n) is 30.8. The Kier molecular flexibility index (Phi) is 28.4. The standard InChI is InChI=1S/C20H29ClN5O8PS.3C16H23ClN5O6P/c1-5-30-15-12-14(24-18(22)25-15)26(10-23-12)16-20(4,21)13-11(33-16)8-32-35(29,34-13)31-6-7-36-17(28)19(2,3)9-27;3*1-5-24-13-10-12(20-15(18)21-13)22(7-19-10)14-16(4,17)11-9(26-14)6-25-29(23,28-11)27-8(2)3/h10-11,13,16,27H,5-9H2,1-4H3,(H2,22,24,25);3*7-9,11,14H,5-6H2,1-4H3,(H2,18,20,21)/t11-,13-,16-,20-,35-;9-,11-,14-,16-,29?;9-,11-,14-,16-,29+;9-,11-,14-,16-,29-/m1111/s1. The zero-order valence-corrected chi connectivity index (χ0v) is 77.0. The number of nitrogens with zero attached hydrogens (tertiary/aromatic N) is 16. The van der Waals surface area contributed by atoms with Crippen molar-refractivity contribution in [3.8, 4) is 23.5 Å². The van der Waals surface area contributed by atoms with Gasteiger partial charge in [0.25, 0.3) is 0 Å². The fourth-order valence-corrected chi connectivity index (χ4v) is 23.2. The lowest BCUT2D eigenvalue weighted by atomic mass is 9.97. The molecule has 8 saturated heterocycles. The third-order valence-electron chi connectivity index (χ3n) is 19.6. The van der Waals surface area contributed by atoms with Gasteiger partial charge in [-0.2, -0.15) is 39.9 Å². The number of phosphoric ester groups is 4. The van der Waals surface area contributed by atoms with Gasteiger partial charge in [0.05, 0.1) is 115 Å². The second-order valence-corrected chi connectivity index (χ2v) is 41.5. The van der Waals surface area contributed by atoms with Crippen molar-refractivity contribution >= 4 is 163 Å². The maximum absolute atomic E-state index is 13.1. The largest absolute Gasteiger partial charge is 0.476 e. The molecule has 0 saturated carbocycles. The summed E-state index contributed by atoms with van der Waals surface area (Å²) in [5.41, 5.74) is 25.7. The minimum Gasteiger partial charge on any atom is -0.476 e. The first-order valence-electron chi connectivity index (χ1n) is 38.9. The molecule has 1 unspecified atom stereocenters. The number of imidazole rings is 4. The van der Waals surface area contributed by atoms with Gasteiger partial charge in [0, 0.05) is 5.75 Å². The fourth-order valence-electron chi connectivity index (χ4n) is 14.2. The molecular weight excluding hydrogens is 1810 g/mol. The number of aromatic nitrogens is 16. The predicted octanol–water partition coefficient (Wildman–Crippen LogP) is 10.5. The molecule has 0 radical (unpaired) electrons. The van der Waals surface area contributed by atoms with Gasteiger partial charge in [-0.25, -0.2) is 38.2 Å². The smallest absolute Gasteiger partial charge is 0.475 e. The number of hydrogen-bond donors (Lipinski definition) is 5. The van der Waals surface area contributed by atoms with Crippen LogP contribution in [0.5, 0.6) is 23.5 Å². The first-order valence-corrected chi connectivity index (χ1v) is 47.3. The number of fused-ring (bicyclic) bond motifs is 8. The first kappa shape index (κ1) is 94.6. The Morgan fingerprint density at radius 2 is 0.707 bits per heavy atom. The second kappa shape index (κ2) is 36.9. The quantitative estimate of drug-likeness (QED) is 0.0213. The maximum atomic E-state index is 13.1. The number of halogens is 4. The monoisotopic (exact) mass is 1910 g/mol. The Morgan fingerprint density at radius 3 is 0.943 bits per heavy atom. The molecule has 55 heteroatoms. The number of hydrogen-bond acceptors (Lipinski definition) is 43.